The van der Waals surface area contributed by atoms with Crippen molar-refractivity contribution in [2.75, 3.05) is 5.43 Å². The first-order valence-corrected chi connectivity index (χ1v) is 7.62. The summed E-state index contributed by atoms with van der Waals surface area (Å²) < 4.78 is 13.7. The van der Waals surface area contributed by atoms with Gasteiger partial charge in [0.1, 0.15) is 5.82 Å². The zero-order valence-electron chi connectivity index (χ0n) is 13.0. The molecule has 3 rings (SSSR count). The molecule has 3 aromatic rings. The van der Waals surface area contributed by atoms with Crippen LogP contribution in [0.2, 0.25) is 0 Å². The molecule has 3 aromatic carbocycles. The number of rotatable bonds is 5. The van der Waals surface area contributed by atoms with E-state index in [0.717, 1.165) is 22.4 Å². The van der Waals surface area contributed by atoms with Crippen LogP contribution in [0.3, 0.4) is 0 Å². The first kappa shape index (κ1) is 15.3. The van der Waals surface area contributed by atoms with Gasteiger partial charge in [-0.1, -0.05) is 54.6 Å². The van der Waals surface area contributed by atoms with E-state index in [1.54, 1.807) is 13.0 Å². The lowest BCUT2D eigenvalue weighted by atomic mass is 10.0. The van der Waals surface area contributed by atoms with Crippen LogP contribution < -0.4 is 10.9 Å². The molecule has 3 heteroatoms. The highest BCUT2D eigenvalue weighted by Gasteiger charge is 2.02. The van der Waals surface area contributed by atoms with E-state index in [4.69, 9.17) is 0 Å². The van der Waals surface area contributed by atoms with Gasteiger partial charge in [-0.25, -0.2) is 9.82 Å². The molecule has 0 unspecified atom stereocenters. The number of para-hydroxylation sites is 1. The summed E-state index contributed by atoms with van der Waals surface area (Å²) >= 11 is 0. The zero-order chi connectivity index (χ0) is 16.1. The highest BCUT2D eigenvalue weighted by atomic mass is 19.1. The van der Waals surface area contributed by atoms with Crippen LogP contribution in [0.25, 0.3) is 11.1 Å². The van der Waals surface area contributed by atoms with E-state index in [1.165, 1.54) is 0 Å². The van der Waals surface area contributed by atoms with E-state index in [1.807, 2.05) is 66.7 Å². The Labute approximate surface area is 136 Å². The summed E-state index contributed by atoms with van der Waals surface area (Å²) in [7, 11) is 0. The molecule has 23 heavy (non-hydrogen) atoms. The molecule has 116 valence electrons. The summed E-state index contributed by atoms with van der Waals surface area (Å²) in [6.07, 6.45) is 0. The van der Waals surface area contributed by atoms with E-state index in [2.05, 4.69) is 10.9 Å². The third kappa shape index (κ3) is 3.96. The van der Waals surface area contributed by atoms with Crippen molar-refractivity contribution >= 4 is 5.69 Å². The molecule has 0 saturated carbocycles. The van der Waals surface area contributed by atoms with E-state index in [-0.39, 0.29) is 5.82 Å². The Morgan fingerprint density at radius 2 is 1.52 bits per heavy atom. The van der Waals surface area contributed by atoms with Crippen molar-refractivity contribution in [3.05, 3.63) is 89.7 Å². The van der Waals surface area contributed by atoms with Crippen LogP contribution in [0, 0.1) is 12.7 Å². The summed E-state index contributed by atoms with van der Waals surface area (Å²) in [5.74, 6) is -0.166. The van der Waals surface area contributed by atoms with Crippen LogP contribution >= 0.6 is 0 Å². The first-order valence-electron chi connectivity index (χ1n) is 7.62. The smallest absolute Gasteiger partial charge is 0.126 e. The molecule has 0 amide bonds. The maximum Gasteiger partial charge on any atom is 0.126 e. The number of nitrogens with one attached hydrogen (secondary N) is 2. The maximum atomic E-state index is 13.7. The lowest BCUT2D eigenvalue weighted by Crippen LogP contribution is -2.20. The predicted molar refractivity (Wildman–Crippen MR) is 93.5 cm³/mol. The molecule has 0 fully saturated rings. The third-order valence-electron chi connectivity index (χ3n) is 3.76. The molecule has 2 nitrogen and oxygen atoms in total. The predicted octanol–water partition coefficient (Wildman–Crippen LogP) is 4.92. The number of halogens is 1. The molecule has 0 aromatic heterocycles. The molecule has 0 bridgehead atoms. The largest absolute Gasteiger partial charge is 0.321 e. The molecule has 0 saturated heterocycles. The summed E-state index contributed by atoms with van der Waals surface area (Å²) in [4.78, 5) is 0. The van der Waals surface area contributed by atoms with E-state index in [0.29, 0.717) is 12.1 Å². The van der Waals surface area contributed by atoms with Crippen LogP contribution in [-0.2, 0) is 6.54 Å². The van der Waals surface area contributed by atoms with Gasteiger partial charge in [0, 0.05) is 12.2 Å². The Balaban J connectivity index is 1.61. The summed E-state index contributed by atoms with van der Waals surface area (Å²) in [6, 6.07) is 23.4. The van der Waals surface area contributed by atoms with Crippen LogP contribution in [0.5, 0.6) is 0 Å². The van der Waals surface area contributed by atoms with Crippen molar-refractivity contribution in [1.29, 1.82) is 0 Å². The summed E-state index contributed by atoms with van der Waals surface area (Å²) in [6.45, 7) is 2.48. The standard InChI is InChI=1S/C20H19FN2/c1-15-7-10-18(13-20(15)21)17-11-8-16(9-12-17)14-22-23-19-5-3-2-4-6-19/h2-13,22-23H,14H2,1H3. The highest BCUT2D eigenvalue weighted by molar-refractivity contribution is 5.64. The number of hydrazine groups is 1. The van der Waals surface area contributed by atoms with Gasteiger partial charge in [0.25, 0.3) is 0 Å². The van der Waals surface area contributed by atoms with Crippen LogP contribution in [0.4, 0.5) is 10.1 Å². The van der Waals surface area contributed by atoms with Gasteiger partial charge in [-0.3, -0.25) is 0 Å². The molecule has 0 spiro atoms. The number of benzene rings is 3. The second kappa shape index (κ2) is 7.07. The van der Waals surface area contributed by atoms with E-state index < -0.39 is 0 Å². The van der Waals surface area contributed by atoms with Crippen molar-refractivity contribution in [3.8, 4) is 11.1 Å². The number of hydrogen-bond donors (Lipinski definition) is 2. The van der Waals surface area contributed by atoms with Crippen LogP contribution in [-0.4, -0.2) is 0 Å². The van der Waals surface area contributed by atoms with Gasteiger partial charge in [-0.2, -0.15) is 0 Å². The first-order chi connectivity index (χ1) is 11.2. The van der Waals surface area contributed by atoms with Crippen LogP contribution in [0.15, 0.2) is 72.8 Å². The molecule has 0 heterocycles. The molecule has 2 N–H and O–H groups in total. The monoisotopic (exact) mass is 306 g/mol. The SMILES string of the molecule is Cc1ccc(-c2ccc(CNNc3ccccc3)cc2)cc1F. The Bertz CT molecular complexity index is 767. The molecule has 0 aliphatic rings. The van der Waals surface area contributed by atoms with Crippen molar-refractivity contribution in [2.24, 2.45) is 0 Å². The van der Waals surface area contributed by atoms with E-state index >= 15 is 0 Å². The molecule has 0 atom stereocenters. The summed E-state index contributed by atoms with van der Waals surface area (Å²) in [5, 5.41) is 0. The zero-order valence-corrected chi connectivity index (χ0v) is 13.0. The van der Waals surface area contributed by atoms with Crippen molar-refractivity contribution in [3.63, 3.8) is 0 Å². The van der Waals surface area contributed by atoms with Crippen molar-refractivity contribution < 1.29 is 4.39 Å². The third-order valence-corrected chi connectivity index (χ3v) is 3.76. The molecular weight excluding hydrogens is 287 g/mol. The Hall–Kier alpha value is -2.65. The molecule has 0 aliphatic heterocycles. The van der Waals surface area contributed by atoms with Gasteiger partial charge in [-0.15, -0.1) is 0 Å². The van der Waals surface area contributed by atoms with Gasteiger partial charge >= 0.3 is 0 Å². The Morgan fingerprint density at radius 3 is 2.22 bits per heavy atom. The minimum absolute atomic E-state index is 0.166. The highest BCUT2D eigenvalue weighted by Crippen LogP contribution is 2.22. The average molecular weight is 306 g/mol. The number of aryl methyl sites for hydroxylation is 1. The fraction of sp³-hybridized carbons (Fsp3) is 0.100. The summed E-state index contributed by atoms with van der Waals surface area (Å²) in [5.41, 5.74) is 11.1. The Morgan fingerprint density at radius 1 is 0.826 bits per heavy atom. The minimum Gasteiger partial charge on any atom is -0.321 e. The molecular formula is C20H19FN2. The quantitative estimate of drug-likeness (QED) is 0.654. The second-order valence-electron chi connectivity index (χ2n) is 5.51. The van der Waals surface area contributed by atoms with E-state index in [9.17, 15) is 4.39 Å². The van der Waals surface area contributed by atoms with Crippen molar-refractivity contribution in [2.45, 2.75) is 13.5 Å². The van der Waals surface area contributed by atoms with Gasteiger partial charge in [0.15, 0.2) is 0 Å². The second-order valence-corrected chi connectivity index (χ2v) is 5.51. The lowest BCUT2D eigenvalue weighted by Gasteiger charge is -2.09. The topological polar surface area (TPSA) is 24.1 Å². The van der Waals surface area contributed by atoms with Crippen LogP contribution in [0.1, 0.15) is 11.1 Å². The fourth-order valence-corrected chi connectivity index (χ4v) is 2.36. The fourth-order valence-electron chi connectivity index (χ4n) is 2.36. The lowest BCUT2D eigenvalue weighted by molar-refractivity contribution is 0.619. The van der Waals surface area contributed by atoms with Gasteiger partial charge < -0.3 is 5.43 Å². The number of anilines is 1. The number of hydrogen-bond acceptors (Lipinski definition) is 2. The Kier molecular flexibility index (Phi) is 4.69. The molecule has 0 radical (unpaired) electrons. The van der Waals surface area contributed by atoms with Gasteiger partial charge in [0.2, 0.25) is 0 Å². The van der Waals surface area contributed by atoms with Crippen molar-refractivity contribution in [1.82, 2.24) is 5.43 Å². The normalized spacial score (nSPS) is 10.5. The van der Waals surface area contributed by atoms with Gasteiger partial charge in [-0.05, 0) is 47.4 Å². The average Bonchev–Trinajstić information content (AvgIpc) is 2.59. The van der Waals surface area contributed by atoms with Gasteiger partial charge in [0.05, 0.1) is 0 Å². The molecule has 0 aliphatic carbocycles. The maximum absolute atomic E-state index is 13.7. The minimum atomic E-state index is -0.166.